The molecule has 128 valence electrons. The third kappa shape index (κ3) is 3.10. The van der Waals surface area contributed by atoms with Crippen molar-refractivity contribution in [2.24, 2.45) is 0 Å². The summed E-state index contributed by atoms with van der Waals surface area (Å²) < 4.78 is 0. The van der Waals surface area contributed by atoms with Gasteiger partial charge in [0.1, 0.15) is 12.4 Å². The lowest BCUT2D eigenvalue weighted by molar-refractivity contribution is -0.123. The summed E-state index contributed by atoms with van der Waals surface area (Å²) in [5.41, 5.74) is 3.56. The van der Waals surface area contributed by atoms with Crippen LogP contribution >= 0.6 is 0 Å². The summed E-state index contributed by atoms with van der Waals surface area (Å²) in [6.45, 7) is 1.75. The van der Waals surface area contributed by atoms with Gasteiger partial charge in [0.2, 0.25) is 11.8 Å². The number of hydrogen-bond acceptors (Lipinski definition) is 5. The molecule has 4 rings (SSSR count). The molecule has 2 N–H and O–H groups in total. The molecule has 1 aromatic carbocycles. The maximum Gasteiger partial charge on any atom is 0.242 e. The van der Waals surface area contributed by atoms with Gasteiger partial charge in [0, 0.05) is 43.5 Å². The Morgan fingerprint density at radius 2 is 2.32 bits per heavy atom. The predicted molar refractivity (Wildman–Crippen MR) is 91.5 cm³/mol. The van der Waals surface area contributed by atoms with E-state index in [1.54, 1.807) is 11.1 Å². The molecule has 2 aliphatic rings. The number of aromatic nitrogens is 2. The van der Waals surface area contributed by atoms with Crippen LogP contribution in [-0.2, 0) is 22.7 Å². The van der Waals surface area contributed by atoms with Crippen LogP contribution in [0.15, 0.2) is 36.8 Å². The van der Waals surface area contributed by atoms with Crippen LogP contribution in [0.25, 0.3) is 0 Å². The summed E-state index contributed by atoms with van der Waals surface area (Å²) in [6.07, 6.45) is 4.68. The fourth-order valence-electron chi connectivity index (χ4n) is 3.34. The number of nitrogens with one attached hydrogen (secondary N) is 2. The molecule has 1 atom stereocenters. The van der Waals surface area contributed by atoms with Crippen molar-refractivity contribution in [3.8, 4) is 0 Å². The first-order valence-corrected chi connectivity index (χ1v) is 8.41. The van der Waals surface area contributed by atoms with Gasteiger partial charge < -0.3 is 10.2 Å². The van der Waals surface area contributed by atoms with Gasteiger partial charge >= 0.3 is 0 Å². The average molecular weight is 337 g/mol. The molecular formula is C18H19N5O2. The van der Waals surface area contributed by atoms with Gasteiger partial charge in [-0.1, -0.05) is 12.1 Å². The molecule has 2 aromatic rings. The van der Waals surface area contributed by atoms with Gasteiger partial charge in [-0.15, -0.1) is 0 Å². The second-order valence-electron chi connectivity index (χ2n) is 6.28. The van der Waals surface area contributed by atoms with E-state index in [1.165, 1.54) is 6.33 Å². The molecule has 1 aromatic heterocycles. The van der Waals surface area contributed by atoms with Gasteiger partial charge in [0.15, 0.2) is 0 Å². The van der Waals surface area contributed by atoms with E-state index in [-0.39, 0.29) is 11.8 Å². The topological polar surface area (TPSA) is 87.2 Å². The molecule has 7 nitrogen and oxygen atoms in total. The average Bonchev–Trinajstić information content (AvgIpc) is 3.26. The number of carbonyl (C=O) groups excluding carboxylic acids is 2. The standard InChI is InChI=1S/C18H19N5O2/c24-16-5-2-6-23(16)13-4-1-3-12(7-13)8-21-18(25)17-14-9-19-11-22-15(14)10-20-17/h1,3-4,7,9,11,17,20H,2,5-6,8,10H2,(H,21,25). The van der Waals surface area contributed by atoms with Crippen LogP contribution < -0.4 is 15.5 Å². The minimum atomic E-state index is -0.417. The zero-order chi connectivity index (χ0) is 17.2. The molecule has 0 aliphatic carbocycles. The summed E-state index contributed by atoms with van der Waals surface area (Å²) in [4.78, 5) is 34.3. The minimum Gasteiger partial charge on any atom is -0.350 e. The number of benzene rings is 1. The first kappa shape index (κ1) is 15.7. The van der Waals surface area contributed by atoms with Crippen LogP contribution in [-0.4, -0.2) is 28.3 Å². The molecule has 1 fully saturated rings. The molecule has 1 saturated heterocycles. The SMILES string of the molecule is O=C(NCc1cccc(N2CCCC2=O)c1)C1NCc2ncncc21. The number of nitrogens with zero attached hydrogens (tertiary/aromatic N) is 3. The van der Waals surface area contributed by atoms with Crippen molar-refractivity contribution in [2.75, 3.05) is 11.4 Å². The Morgan fingerprint density at radius 3 is 3.16 bits per heavy atom. The molecule has 25 heavy (non-hydrogen) atoms. The number of fused-ring (bicyclic) bond motifs is 1. The van der Waals surface area contributed by atoms with E-state index in [4.69, 9.17) is 0 Å². The van der Waals surface area contributed by atoms with Crippen molar-refractivity contribution in [1.29, 1.82) is 0 Å². The highest BCUT2D eigenvalue weighted by atomic mass is 16.2. The van der Waals surface area contributed by atoms with Gasteiger partial charge in [-0.2, -0.15) is 0 Å². The molecular weight excluding hydrogens is 318 g/mol. The van der Waals surface area contributed by atoms with Gasteiger partial charge in [0.05, 0.1) is 5.69 Å². The Kier molecular flexibility index (Phi) is 4.15. The van der Waals surface area contributed by atoms with Crippen LogP contribution in [0.2, 0.25) is 0 Å². The number of amides is 2. The molecule has 0 bridgehead atoms. The highest BCUT2D eigenvalue weighted by Crippen LogP contribution is 2.24. The van der Waals surface area contributed by atoms with Crippen molar-refractivity contribution in [2.45, 2.75) is 32.0 Å². The van der Waals surface area contributed by atoms with Crippen molar-refractivity contribution in [3.05, 3.63) is 53.6 Å². The van der Waals surface area contributed by atoms with E-state index in [1.807, 2.05) is 24.3 Å². The number of carbonyl (C=O) groups is 2. The molecule has 2 amide bonds. The van der Waals surface area contributed by atoms with Gasteiger partial charge in [0.25, 0.3) is 0 Å². The minimum absolute atomic E-state index is 0.101. The van der Waals surface area contributed by atoms with Crippen LogP contribution in [0.3, 0.4) is 0 Å². The third-order valence-corrected chi connectivity index (χ3v) is 4.64. The fraction of sp³-hybridized carbons (Fsp3) is 0.333. The smallest absolute Gasteiger partial charge is 0.242 e. The summed E-state index contributed by atoms with van der Waals surface area (Å²) in [6, 6.07) is 7.34. The molecule has 2 aliphatic heterocycles. The first-order chi connectivity index (χ1) is 12.2. The maximum absolute atomic E-state index is 12.5. The summed E-state index contributed by atoms with van der Waals surface area (Å²) >= 11 is 0. The second kappa shape index (κ2) is 6.60. The Hall–Kier alpha value is -2.80. The zero-order valence-corrected chi connectivity index (χ0v) is 13.7. The predicted octanol–water partition coefficient (Wildman–Crippen LogP) is 1.06. The summed E-state index contributed by atoms with van der Waals surface area (Å²) in [5, 5.41) is 6.10. The fourth-order valence-corrected chi connectivity index (χ4v) is 3.34. The zero-order valence-electron chi connectivity index (χ0n) is 13.7. The van der Waals surface area contributed by atoms with E-state index in [2.05, 4.69) is 20.6 Å². The number of anilines is 1. The Labute approximate surface area is 145 Å². The van der Waals surface area contributed by atoms with E-state index >= 15 is 0 Å². The van der Waals surface area contributed by atoms with Crippen LogP contribution in [0.1, 0.15) is 35.7 Å². The van der Waals surface area contributed by atoms with E-state index in [9.17, 15) is 9.59 Å². The highest BCUT2D eigenvalue weighted by molar-refractivity contribution is 5.95. The summed E-state index contributed by atoms with van der Waals surface area (Å²) in [5.74, 6) is 0.0594. The normalized spacial score (nSPS) is 19.1. The molecule has 0 spiro atoms. The van der Waals surface area contributed by atoms with Crippen molar-refractivity contribution < 1.29 is 9.59 Å². The van der Waals surface area contributed by atoms with Crippen LogP contribution in [0.5, 0.6) is 0 Å². The van der Waals surface area contributed by atoms with Gasteiger partial charge in [-0.25, -0.2) is 9.97 Å². The number of rotatable bonds is 4. The lowest BCUT2D eigenvalue weighted by Crippen LogP contribution is -2.33. The van der Waals surface area contributed by atoms with Crippen molar-refractivity contribution in [1.82, 2.24) is 20.6 Å². The lowest BCUT2D eigenvalue weighted by Gasteiger charge is -2.17. The molecule has 0 radical (unpaired) electrons. The largest absolute Gasteiger partial charge is 0.350 e. The van der Waals surface area contributed by atoms with Crippen molar-refractivity contribution in [3.63, 3.8) is 0 Å². The Morgan fingerprint density at radius 1 is 1.40 bits per heavy atom. The van der Waals surface area contributed by atoms with Gasteiger partial charge in [-0.3, -0.25) is 14.9 Å². The second-order valence-corrected chi connectivity index (χ2v) is 6.28. The molecule has 1 unspecified atom stereocenters. The van der Waals surface area contributed by atoms with E-state index < -0.39 is 6.04 Å². The van der Waals surface area contributed by atoms with E-state index in [0.29, 0.717) is 19.5 Å². The van der Waals surface area contributed by atoms with E-state index in [0.717, 1.165) is 35.5 Å². The third-order valence-electron chi connectivity index (χ3n) is 4.64. The lowest BCUT2D eigenvalue weighted by atomic mass is 10.1. The summed E-state index contributed by atoms with van der Waals surface area (Å²) in [7, 11) is 0. The highest BCUT2D eigenvalue weighted by Gasteiger charge is 2.29. The van der Waals surface area contributed by atoms with Crippen LogP contribution in [0.4, 0.5) is 5.69 Å². The van der Waals surface area contributed by atoms with Crippen LogP contribution in [0, 0.1) is 0 Å². The Bertz CT molecular complexity index is 823. The first-order valence-electron chi connectivity index (χ1n) is 8.41. The Balaban J connectivity index is 1.42. The number of hydrogen-bond donors (Lipinski definition) is 2. The monoisotopic (exact) mass is 337 g/mol. The van der Waals surface area contributed by atoms with Gasteiger partial charge in [-0.05, 0) is 24.1 Å². The maximum atomic E-state index is 12.5. The molecule has 7 heteroatoms. The quantitative estimate of drug-likeness (QED) is 0.871. The molecule has 3 heterocycles. The van der Waals surface area contributed by atoms with Crippen molar-refractivity contribution >= 4 is 17.5 Å². The molecule has 0 saturated carbocycles.